The van der Waals surface area contributed by atoms with Gasteiger partial charge in [0.2, 0.25) is 0 Å². The number of benzene rings is 2. The summed E-state index contributed by atoms with van der Waals surface area (Å²) < 4.78 is 24.3. The predicted octanol–water partition coefficient (Wildman–Crippen LogP) is 1.94. The lowest BCUT2D eigenvalue weighted by molar-refractivity contribution is 0.595. The van der Waals surface area contributed by atoms with E-state index >= 15 is 0 Å². The van der Waals surface area contributed by atoms with E-state index in [1.54, 1.807) is 54.6 Å². The first-order chi connectivity index (χ1) is 8.99. The zero-order valence-corrected chi connectivity index (χ0v) is 11.0. The van der Waals surface area contributed by atoms with E-state index in [0.717, 1.165) is 0 Å². The molecule has 0 unspecified atom stereocenters. The van der Waals surface area contributed by atoms with Crippen LogP contribution in [0.1, 0.15) is 11.1 Å². The maximum atomic E-state index is 12.2. The first-order valence-corrected chi connectivity index (χ1v) is 7.35. The minimum atomic E-state index is -3.33. The minimum Gasteiger partial charge on any atom is -0.384 e. The molecule has 0 aromatic heterocycles. The zero-order chi connectivity index (χ0) is 13.9. The average molecular weight is 274 g/mol. The van der Waals surface area contributed by atoms with Crippen LogP contribution in [0.25, 0.3) is 0 Å². The van der Waals surface area contributed by atoms with Crippen LogP contribution >= 0.6 is 0 Å². The van der Waals surface area contributed by atoms with Crippen LogP contribution < -0.4 is 5.73 Å². The van der Waals surface area contributed by atoms with E-state index in [-0.39, 0.29) is 11.6 Å². The molecule has 2 aromatic carbocycles. The molecule has 0 heterocycles. The van der Waals surface area contributed by atoms with E-state index in [4.69, 9.17) is 11.1 Å². The van der Waals surface area contributed by atoms with Gasteiger partial charge in [0, 0.05) is 5.56 Å². The second-order valence-electron chi connectivity index (χ2n) is 4.18. The normalized spacial score (nSPS) is 11.2. The van der Waals surface area contributed by atoms with E-state index in [1.165, 1.54) is 0 Å². The van der Waals surface area contributed by atoms with Gasteiger partial charge in [-0.05, 0) is 17.7 Å². The molecule has 0 bridgehead atoms. The van der Waals surface area contributed by atoms with Gasteiger partial charge in [-0.25, -0.2) is 8.42 Å². The van der Waals surface area contributed by atoms with Gasteiger partial charge >= 0.3 is 0 Å². The second-order valence-corrected chi connectivity index (χ2v) is 6.17. The van der Waals surface area contributed by atoms with Crippen molar-refractivity contribution >= 4 is 15.7 Å². The van der Waals surface area contributed by atoms with Gasteiger partial charge in [0.05, 0.1) is 10.6 Å². The molecular formula is C14H14N2O2S. The Bertz CT molecular complexity index is 677. The Balaban J connectivity index is 2.24. The fraction of sp³-hybridized carbons (Fsp3) is 0.0714. The molecule has 0 spiro atoms. The Morgan fingerprint density at radius 2 is 1.58 bits per heavy atom. The number of nitrogens with one attached hydrogen (secondary N) is 1. The molecule has 98 valence electrons. The lowest BCUT2D eigenvalue weighted by Crippen LogP contribution is -2.11. The lowest BCUT2D eigenvalue weighted by Gasteiger charge is -2.05. The molecule has 2 aromatic rings. The number of nitrogens with two attached hydrogens (primary N) is 1. The Labute approximate surface area is 112 Å². The summed E-state index contributed by atoms with van der Waals surface area (Å²) in [4.78, 5) is 0.311. The van der Waals surface area contributed by atoms with Crippen molar-refractivity contribution in [2.75, 3.05) is 0 Å². The third-order valence-corrected chi connectivity index (χ3v) is 4.43. The molecular weight excluding hydrogens is 260 g/mol. The maximum absolute atomic E-state index is 12.2. The van der Waals surface area contributed by atoms with Crippen molar-refractivity contribution in [2.24, 2.45) is 5.73 Å². The molecule has 4 nitrogen and oxygen atoms in total. The standard InChI is InChI=1S/C14H14N2O2S/c15-14(16)12-8-6-11(7-9-12)10-19(17,18)13-4-2-1-3-5-13/h1-9H,10H2,(H3,15,16). The highest BCUT2D eigenvalue weighted by Gasteiger charge is 2.14. The highest BCUT2D eigenvalue weighted by atomic mass is 32.2. The van der Waals surface area contributed by atoms with Crippen LogP contribution in [0.3, 0.4) is 0 Å². The van der Waals surface area contributed by atoms with Gasteiger partial charge in [0.15, 0.2) is 9.84 Å². The monoisotopic (exact) mass is 274 g/mol. The molecule has 0 aliphatic carbocycles. The third kappa shape index (κ3) is 3.20. The molecule has 0 radical (unpaired) electrons. The first kappa shape index (κ1) is 13.3. The highest BCUT2D eigenvalue weighted by Crippen LogP contribution is 2.16. The first-order valence-electron chi connectivity index (χ1n) is 5.70. The largest absolute Gasteiger partial charge is 0.384 e. The smallest absolute Gasteiger partial charge is 0.182 e. The molecule has 2 rings (SSSR count). The van der Waals surface area contributed by atoms with E-state index in [2.05, 4.69) is 0 Å². The Morgan fingerprint density at radius 1 is 1.00 bits per heavy atom. The maximum Gasteiger partial charge on any atom is 0.182 e. The number of hydrogen-bond donors (Lipinski definition) is 2. The van der Waals surface area contributed by atoms with Gasteiger partial charge in [0.1, 0.15) is 5.84 Å². The summed E-state index contributed by atoms with van der Waals surface area (Å²) in [7, 11) is -3.33. The van der Waals surface area contributed by atoms with E-state index in [9.17, 15) is 8.42 Å². The third-order valence-electron chi connectivity index (χ3n) is 2.72. The Hall–Kier alpha value is -2.14. The summed E-state index contributed by atoms with van der Waals surface area (Å²) in [5.41, 5.74) is 6.61. The van der Waals surface area contributed by atoms with Crippen LogP contribution in [-0.2, 0) is 15.6 Å². The minimum absolute atomic E-state index is 0.0301. The van der Waals surface area contributed by atoms with Gasteiger partial charge < -0.3 is 5.73 Å². The van der Waals surface area contributed by atoms with Crippen LogP contribution in [0.4, 0.5) is 0 Å². The Morgan fingerprint density at radius 3 is 2.11 bits per heavy atom. The van der Waals surface area contributed by atoms with Crippen LogP contribution in [0.15, 0.2) is 59.5 Å². The predicted molar refractivity (Wildman–Crippen MR) is 74.8 cm³/mol. The highest BCUT2D eigenvalue weighted by molar-refractivity contribution is 7.90. The van der Waals surface area contributed by atoms with Crippen LogP contribution in [-0.4, -0.2) is 14.3 Å². The summed E-state index contributed by atoms with van der Waals surface area (Å²) >= 11 is 0. The molecule has 3 N–H and O–H groups in total. The van der Waals surface area contributed by atoms with Crippen molar-refractivity contribution in [2.45, 2.75) is 10.6 Å². The van der Waals surface area contributed by atoms with Crippen molar-refractivity contribution in [3.63, 3.8) is 0 Å². The fourth-order valence-corrected chi connectivity index (χ4v) is 3.08. The molecule has 0 fully saturated rings. The second kappa shape index (κ2) is 5.24. The molecule has 0 saturated heterocycles. The van der Waals surface area contributed by atoms with E-state index in [0.29, 0.717) is 16.0 Å². The number of nitrogen functional groups attached to an aromatic ring is 1. The molecule has 19 heavy (non-hydrogen) atoms. The zero-order valence-electron chi connectivity index (χ0n) is 10.2. The fourth-order valence-electron chi connectivity index (χ4n) is 1.71. The van der Waals surface area contributed by atoms with Gasteiger partial charge in [-0.1, -0.05) is 42.5 Å². The van der Waals surface area contributed by atoms with Crippen molar-refractivity contribution in [1.29, 1.82) is 5.41 Å². The topological polar surface area (TPSA) is 84.0 Å². The van der Waals surface area contributed by atoms with Crippen LogP contribution in [0.2, 0.25) is 0 Å². The van der Waals surface area contributed by atoms with Crippen LogP contribution in [0.5, 0.6) is 0 Å². The number of amidine groups is 1. The molecule has 0 atom stereocenters. The summed E-state index contributed by atoms with van der Waals surface area (Å²) in [6.45, 7) is 0. The molecule has 0 amide bonds. The van der Waals surface area contributed by atoms with E-state index < -0.39 is 9.84 Å². The SMILES string of the molecule is N=C(N)c1ccc(CS(=O)(=O)c2ccccc2)cc1. The summed E-state index contributed by atoms with van der Waals surface area (Å²) in [6.07, 6.45) is 0. The van der Waals surface area contributed by atoms with Gasteiger partial charge in [-0.2, -0.15) is 0 Å². The van der Waals surface area contributed by atoms with Gasteiger partial charge in [-0.3, -0.25) is 5.41 Å². The summed E-state index contributed by atoms with van der Waals surface area (Å²) in [5, 5.41) is 7.28. The van der Waals surface area contributed by atoms with E-state index in [1.807, 2.05) is 0 Å². The van der Waals surface area contributed by atoms with Gasteiger partial charge in [0.25, 0.3) is 0 Å². The number of hydrogen-bond acceptors (Lipinski definition) is 3. The van der Waals surface area contributed by atoms with Crippen LogP contribution in [0, 0.1) is 5.41 Å². The molecule has 5 heteroatoms. The number of rotatable bonds is 4. The Kier molecular flexibility index (Phi) is 3.66. The van der Waals surface area contributed by atoms with Crippen molar-refractivity contribution < 1.29 is 8.42 Å². The van der Waals surface area contributed by atoms with Gasteiger partial charge in [-0.15, -0.1) is 0 Å². The quantitative estimate of drug-likeness (QED) is 0.660. The lowest BCUT2D eigenvalue weighted by atomic mass is 10.1. The number of sulfone groups is 1. The van der Waals surface area contributed by atoms with Crippen molar-refractivity contribution in [3.05, 3.63) is 65.7 Å². The van der Waals surface area contributed by atoms with Crippen molar-refractivity contribution in [1.82, 2.24) is 0 Å². The molecule has 0 aliphatic heterocycles. The van der Waals surface area contributed by atoms with Crippen molar-refractivity contribution in [3.8, 4) is 0 Å². The molecule has 0 saturated carbocycles. The summed E-state index contributed by atoms with van der Waals surface area (Å²) in [6, 6.07) is 15.0. The summed E-state index contributed by atoms with van der Waals surface area (Å²) in [5.74, 6) is -0.0904. The molecule has 0 aliphatic rings. The average Bonchev–Trinajstić information content (AvgIpc) is 2.40.